The first-order valence-corrected chi connectivity index (χ1v) is 5.34. The molecule has 6 nitrogen and oxygen atoms in total. The topological polar surface area (TPSA) is 47.9 Å². The molecular weight excluding hydrogens is 212 g/mol. The van der Waals surface area contributed by atoms with E-state index in [-0.39, 0.29) is 6.61 Å². The number of likely N-dealkylation sites (N-methyl/N-ethyl adjacent to an activating group) is 2. The van der Waals surface area contributed by atoms with Crippen molar-refractivity contribution >= 4 is 0 Å². The van der Waals surface area contributed by atoms with Crippen LogP contribution >= 0.6 is 0 Å². The van der Waals surface area contributed by atoms with Crippen LogP contribution in [0.25, 0.3) is 0 Å². The highest BCUT2D eigenvalue weighted by molar-refractivity contribution is 4.33. The summed E-state index contributed by atoms with van der Waals surface area (Å²) in [5, 5.41) is 13.7. The van der Waals surface area contributed by atoms with Gasteiger partial charge in [-0.05, 0) is 0 Å². The summed E-state index contributed by atoms with van der Waals surface area (Å²) in [5.74, 6) is 0. The molecule has 0 aliphatic rings. The lowest BCUT2D eigenvalue weighted by molar-refractivity contribution is -0.937. The maximum atomic E-state index is 9.07. The van der Waals surface area contributed by atoms with Crippen LogP contribution < -0.4 is 0 Å². The number of hydrogen-bond donors (Lipinski definition) is 1. The summed E-state index contributed by atoms with van der Waals surface area (Å²) in [6.45, 7) is 1.14. The molecule has 0 bridgehead atoms. The Hall–Kier alpha value is -0.240. The van der Waals surface area contributed by atoms with Crippen LogP contribution in [0.3, 0.4) is 0 Å². The first-order chi connectivity index (χ1) is 7.17. The van der Waals surface area contributed by atoms with Crippen molar-refractivity contribution in [1.29, 1.82) is 0 Å². The third-order valence-corrected chi connectivity index (χ3v) is 2.06. The summed E-state index contributed by atoms with van der Waals surface area (Å²) >= 11 is 0. The molecule has 16 heavy (non-hydrogen) atoms. The van der Waals surface area contributed by atoms with Crippen LogP contribution in [0.5, 0.6) is 0 Å². The van der Waals surface area contributed by atoms with E-state index in [2.05, 4.69) is 26.2 Å². The van der Waals surface area contributed by atoms with Crippen molar-refractivity contribution in [3.05, 3.63) is 0 Å². The van der Waals surface area contributed by atoms with Gasteiger partial charge in [0.2, 0.25) is 6.23 Å². The third-order valence-electron chi connectivity index (χ3n) is 2.06. The van der Waals surface area contributed by atoms with E-state index in [4.69, 9.17) is 14.9 Å². The van der Waals surface area contributed by atoms with Crippen LogP contribution in [0.1, 0.15) is 0 Å². The zero-order valence-corrected chi connectivity index (χ0v) is 11.3. The Labute approximate surface area is 98.0 Å². The highest BCUT2D eigenvalue weighted by atomic mass is 17.5. The van der Waals surface area contributed by atoms with Gasteiger partial charge in [0.05, 0.1) is 42.3 Å². The minimum absolute atomic E-state index is 0.123. The molecule has 6 heteroatoms. The quantitative estimate of drug-likeness (QED) is 0.205. The lowest BCUT2D eigenvalue weighted by atomic mass is 10.5. The molecule has 0 saturated heterocycles. The smallest absolute Gasteiger partial charge is 0.249 e. The molecule has 0 rings (SSSR count). The molecular formula is C10H26N2O4+2. The van der Waals surface area contributed by atoms with Crippen LogP contribution in [-0.4, -0.2) is 82.3 Å². The van der Waals surface area contributed by atoms with Crippen molar-refractivity contribution in [3.63, 3.8) is 0 Å². The molecule has 0 spiro atoms. The second-order valence-corrected chi connectivity index (χ2v) is 5.75. The monoisotopic (exact) mass is 238 g/mol. The maximum absolute atomic E-state index is 9.07. The van der Waals surface area contributed by atoms with Crippen molar-refractivity contribution in [2.75, 3.05) is 62.0 Å². The number of nitrogens with zero attached hydrogens (tertiary/aromatic N) is 2. The highest BCUT2D eigenvalue weighted by Gasteiger charge is 2.25. The van der Waals surface area contributed by atoms with Crippen LogP contribution in [0.2, 0.25) is 0 Å². The molecule has 0 aliphatic carbocycles. The Balaban J connectivity index is 3.65. The second kappa shape index (κ2) is 6.48. The molecule has 0 aromatic heterocycles. The molecule has 1 atom stereocenters. The van der Waals surface area contributed by atoms with Crippen LogP contribution in [0.4, 0.5) is 0 Å². The van der Waals surface area contributed by atoms with Gasteiger partial charge in [-0.15, -0.1) is 4.89 Å². The lowest BCUT2D eigenvalue weighted by Gasteiger charge is -2.30. The predicted molar refractivity (Wildman–Crippen MR) is 59.9 cm³/mol. The zero-order valence-electron chi connectivity index (χ0n) is 11.3. The molecule has 0 aliphatic heterocycles. The molecule has 1 N–H and O–H groups in total. The summed E-state index contributed by atoms with van der Waals surface area (Å²) in [4.78, 5) is 9.84. The van der Waals surface area contributed by atoms with Gasteiger partial charge >= 0.3 is 0 Å². The lowest BCUT2D eigenvalue weighted by Crippen LogP contribution is -2.49. The average molecular weight is 238 g/mol. The third kappa shape index (κ3) is 7.98. The van der Waals surface area contributed by atoms with Crippen LogP contribution in [0.15, 0.2) is 0 Å². The minimum Gasteiger partial charge on any atom is -0.387 e. The Morgan fingerprint density at radius 3 is 2.00 bits per heavy atom. The van der Waals surface area contributed by atoms with E-state index in [0.717, 1.165) is 11.0 Å². The van der Waals surface area contributed by atoms with Crippen molar-refractivity contribution < 1.29 is 28.9 Å². The van der Waals surface area contributed by atoms with Gasteiger partial charge in [-0.3, -0.25) is 0 Å². The zero-order chi connectivity index (χ0) is 12.8. The number of aliphatic hydroxyl groups is 1. The van der Waals surface area contributed by atoms with Crippen molar-refractivity contribution in [2.24, 2.45) is 0 Å². The Kier molecular flexibility index (Phi) is 6.39. The number of hydrogen-bond acceptors (Lipinski definition) is 4. The molecule has 0 aromatic carbocycles. The molecule has 98 valence electrons. The Morgan fingerprint density at radius 1 is 1.06 bits per heavy atom. The predicted octanol–water partition coefficient (Wildman–Crippen LogP) is -0.403. The number of aliphatic hydroxyl groups excluding tert-OH is 1. The van der Waals surface area contributed by atoms with Gasteiger partial charge in [-0.1, -0.05) is 5.04 Å². The standard InChI is InChI=1S/C10H26N2O4/c1-11(2,3)7-8-14-16-15-10(9-13)12(4,5)6/h10,13H,7-9H2,1-6H3/q+2. The highest BCUT2D eigenvalue weighted by Crippen LogP contribution is 2.04. The first kappa shape index (κ1) is 15.8. The van der Waals surface area contributed by atoms with Gasteiger partial charge in [-0.2, -0.15) is 4.89 Å². The summed E-state index contributed by atoms with van der Waals surface area (Å²) in [6, 6.07) is 0. The van der Waals surface area contributed by atoms with E-state index in [1.165, 1.54) is 0 Å². The van der Waals surface area contributed by atoms with E-state index in [1.54, 1.807) is 0 Å². The Morgan fingerprint density at radius 2 is 1.62 bits per heavy atom. The van der Waals surface area contributed by atoms with Crippen LogP contribution in [-0.2, 0) is 14.8 Å². The molecule has 0 radical (unpaired) electrons. The molecule has 0 saturated carbocycles. The number of quaternary nitrogens is 2. The van der Waals surface area contributed by atoms with Crippen molar-refractivity contribution in [3.8, 4) is 0 Å². The fraction of sp³-hybridized carbons (Fsp3) is 1.00. The first-order valence-electron chi connectivity index (χ1n) is 5.34. The van der Waals surface area contributed by atoms with Gasteiger partial charge < -0.3 is 14.1 Å². The summed E-state index contributed by atoms with van der Waals surface area (Å²) in [7, 11) is 11.9. The minimum atomic E-state index is -0.455. The van der Waals surface area contributed by atoms with Gasteiger partial charge in [0.1, 0.15) is 19.8 Å². The molecule has 0 fully saturated rings. The summed E-state index contributed by atoms with van der Waals surface area (Å²) in [5.41, 5.74) is 0. The SMILES string of the molecule is C[N+](C)(C)CCOOOC(CO)[N+](C)(C)C. The molecule has 0 aromatic rings. The van der Waals surface area contributed by atoms with E-state index in [0.29, 0.717) is 11.1 Å². The molecule has 0 heterocycles. The van der Waals surface area contributed by atoms with Gasteiger partial charge in [0.25, 0.3) is 0 Å². The summed E-state index contributed by atoms with van der Waals surface area (Å²) in [6.07, 6.45) is -0.455. The van der Waals surface area contributed by atoms with E-state index in [9.17, 15) is 0 Å². The fourth-order valence-corrected chi connectivity index (χ4v) is 0.823. The van der Waals surface area contributed by atoms with E-state index < -0.39 is 6.23 Å². The molecule has 0 amide bonds. The van der Waals surface area contributed by atoms with Gasteiger partial charge in [-0.25, -0.2) is 0 Å². The Bertz CT molecular complexity index is 186. The average Bonchev–Trinajstić information content (AvgIpc) is 2.07. The summed E-state index contributed by atoms with van der Waals surface area (Å²) < 4.78 is 1.23. The van der Waals surface area contributed by atoms with E-state index >= 15 is 0 Å². The van der Waals surface area contributed by atoms with Crippen molar-refractivity contribution in [1.82, 2.24) is 0 Å². The fourth-order valence-electron chi connectivity index (χ4n) is 0.823. The normalized spacial score (nSPS) is 15.2. The van der Waals surface area contributed by atoms with E-state index in [1.807, 2.05) is 21.1 Å². The van der Waals surface area contributed by atoms with Crippen LogP contribution in [0, 0.1) is 0 Å². The van der Waals surface area contributed by atoms with Crippen molar-refractivity contribution in [2.45, 2.75) is 6.23 Å². The largest absolute Gasteiger partial charge is 0.387 e. The number of rotatable bonds is 8. The molecule has 1 unspecified atom stereocenters. The van der Waals surface area contributed by atoms with Gasteiger partial charge in [0.15, 0.2) is 0 Å². The maximum Gasteiger partial charge on any atom is 0.249 e. The second-order valence-electron chi connectivity index (χ2n) is 5.75. The van der Waals surface area contributed by atoms with Gasteiger partial charge in [0, 0.05) is 0 Å².